The molecule has 0 fully saturated rings. The van der Waals surface area contributed by atoms with Gasteiger partial charge in [0.2, 0.25) is 0 Å². The lowest BCUT2D eigenvalue weighted by Crippen LogP contribution is -2.32. The number of nitrogens with two attached hydrogens (primary N) is 1. The van der Waals surface area contributed by atoms with E-state index in [9.17, 15) is 0 Å². The Kier molecular flexibility index (Phi) is 9.04. The lowest BCUT2D eigenvalue weighted by molar-refractivity contribution is 0.301. The molecule has 0 unspecified atom stereocenters. The van der Waals surface area contributed by atoms with Crippen LogP contribution in [0.1, 0.15) is 24.6 Å². The number of pyridine rings is 1. The maximum Gasteiger partial charge on any atom is 0.188 e. The summed E-state index contributed by atoms with van der Waals surface area (Å²) in [6.07, 6.45) is 2.79. The van der Waals surface area contributed by atoms with Gasteiger partial charge in [-0.05, 0) is 36.2 Å². The van der Waals surface area contributed by atoms with Crippen molar-refractivity contribution in [3.8, 4) is 5.75 Å². The van der Waals surface area contributed by atoms with Crippen LogP contribution in [0.25, 0.3) is 0 Å². The number of aliphatic imine (C=N–C) groups is 1. The van der Waals surface area contributed by atoms with Crippen LogP contribution in [0.3, 0.4) is 0 Å². The summed E-state index contributed by atoms with van der Waals surface area (Å²) >= 11 is 0. The molecule has 2 aromatic rings. The molecule has 23 heavy (non-hydrogen) atoms. The van der Waals surface area contributed by atoms with E-state index in [0.29, 0.717) is 19.1 Å². The van der Waals surface area contributed by atoms with E-state index >= 15 is 0 Å². The van der Waals surface area contributed by atoms with Crippen LogP contribution in [0.4, 0.5) is 0 Å². The van der Waals surface area contributed by atoms with Gasteiger partial charge in [-0.25, -0.2) is 4.99 Å². The molecular weight excluding hydrogens is 403 g/mol. The lowest BCUT2D eigenvalue weighted by Gasteiger charge is -2.07. The minimum atomic E-state index is 0. The third-order valence-electron chi connectivity index (χ3n) is 3.02. The highest BCUT2D eigenvalue weighted by Crippen LogP contribution is 2.14. The van der Waals surface area contributed by atoms with Crippen LogP contribution in [0.5, 0.6) is 5.75 Å². The molecule has 0 aliphatic carbocycles. The van der Waals surface area contributed by atoms with Crippen molar-refractivity contribution in [2.75, 3.05) is 6.54 Å². The highest BCUT2D eigenvalue weighted by molar-refractivity contribution is 14.0. The van der Waals surface area contributed by atoms with Gasteiger partial charge in [0, 0.05) is 12.7 Å². The summed E-state index contributed by atoms with van der Waals surface area (Å²) in [4.78, 5) is 8.51. The number of guanidine groups is 1. The molecule has 0 saturated carbocycles. The molecule has 3 N–H and O–H groups in total. The van der Waals surface area contributed by atoms with Gasteiger partial charge < -0.3 is 15.8 Å². The first-order valence-corrected chi connectivity index (χ1v) is 7.43. The number of rotatable bonds is 7. The summed E-state index contributed by atoms with van der Waals surface area (Å²) in [5.74, 6) is 1.30. The predicted molar refractivity (Wildman–Crippen MR) is 104 cm³/mol. The average molecular weight is 426 g/mol. The van der Waals surface area contributed by atoms with E-state index in [1.54, 1.807) is 6.20 Å². The van der Waals surface area contributed by atoms with Crippen LogP contribution in [0.2, 0.25) is 0 Å². The van der Waals surface area contributed by atoms with Gasteiger partial charge in [0.15, 0.2) is 5.96 Å². The van der Waals surface area contributed by atoms with E-state index in [0.717, 1.165) is 30.0 Å². The fraction of sp³-hybridized carbons (Fsp3) is 0.294. The molecule has 1 aromatic carbocycles. The van der Waals surface area contributed by atoms with Crippen molar-refractivity contribution >= 4 is 29.9 Å². The van der Waals surface area contributed by atoms with Gasteiger partial charge >= 0.3 is 0 Å². The largest absolute Gasteiger partial charge is 0.487 e. The first-order chi connectivity index (χ1) is 10.8. The van der Waals surface area contributed by atoms with Crippen LogP contribution in [0.15, 0.2) is 53.7 Å². The second kappa shape index (κ2) is 10.8. The molecule has 0 atom stereocenters. The van der Waals surface area contributed by atoms with E-state index in [2.05, 4.69) is 22.2 Å². The Morgan fingerprint density at radius 2 is 2.00 bits per heavy atom. The van der Waals surface area contributed by atoms with Crippen LogP contribution in [-0.2, 0) is 13.2 Å². The van der Waals surface area contributed by atoms with Crippen molar-refractivity contribution in [3.63, 3.8) is 0 Å². The summed E-state index contributed by atoms with van der Waals surface area (Å²) in [7, 11) is 0. The van der Waals surface area contributed by atoms with Gasteiger partial charge in [-0.2, -0.15) is 0 Å². The SMILES string of the molecule is CCCNC(N)=NCc1ccc(OCc2ccccn2)cc1.I. The van der Waals surface area contributed by atoms with Crippen molar-refractivity contribution in [2.45, 2.75) is 26.5 Å². The number of hydrogen-bond donors (Lipinski definition) is 2. The summed E-state index contributed by atoms with van der Waals surface area (Å²) in [5.41, 5.74) is 7.75. The minimum absolute atomic E-state index is 0. The normalized spacial score (nSPS) is 10.7. The van der Waals surface area contributed by atoms with E-state index in [4.69, 9.17) is 10.5 Å². The maximum absolute atomic E-state index is 5.76. The molecular formula is C17H23IN4O. The molecule has 1 aromatic heterocycles. The van der Waals surface area contributed by atoms with E-state index in [-0.39, 0.29) is 24.0 Å². The average Bonchev–Trinajstić information content (AvgIpc) is 2.58. The minimum Gasteiger partial charge on any atom is -0.487 e. The Bertz CT molecular complexity index is 587. The van der Waals surface area contributed by atoms with Crippen LogP contribution in [0, 0.1) is 0 Å². The molecule has 0 amide bonds. The molecule has 5 nitrogen and oxygen atoms in total. The standard InChI is InChI=1S/C17H22N4O.HI/c1-2-10-20-17(18)21-12-14-6-8-16(9-7-14)22-13-15-5-3-4-11-19-15;/h3-9,11H,2,10,12-13H2,1H3,(H3,18,20,21);1H. The van der Waals surface area contributed by atoms with Gasteiger partial charge in [0.1, 0.15) is 12.4 Å². The molecule has 0 spiro atoms. The molecule has 0 bridgehead atoms. The third-order valence-corrected chi connectivity index (χ3v) is 3.02. The monoisotopic (exact) mass is 426 g/mol. The molecule has 0 radical (unpaired) electrons. The predicted octanol–water partition coefficient (Wildman–Crippen LogP) is 3.09. The first-order valence-electron chi connectivity index (χ1n) is 7.43. The van der Waals surface area contributed by atoms with Gasteiger partial charge in [0.25, 0.3) is 0 Å². The van der Waals surface area contributed by atoms with Gasteiger partial charge in [-0.1, -0.05) is 25.1 Å². The zero-order valence-corrected chi connectivity index (χ0v) is 15.6. The Morgan fingerprint density at radius 3 is 2.65 bits per heavy atom. The van der Waals surface area contributed by atoms with Gasteiger partial charge in [-0.3, -0.25) is 4.98 Å². The zero-order chi connectivity index (χ0) is 15.6. The van der Waals surface area contributed by atoms with Crippen LogP contribution >= 0.6 is 24.0 Å². The summed E-state index contributed by atoms with van der Waals surface area (Å²) in [6, 6.07) is 13.6. The number of nitrogens with one attached hydrogen (secondary N) is 1. The molecule has 1 heterocycles. The van der Waals surface area contributed by atoms with E-state index < -0.39 is 0 Å². The van der Waals surface area contributed by atoms with Crippen molar-refractivity contribution in [2.24, 2.45) is 10.7 Å². The topological polar surface area (TPSA) is 72.5 Å². The number of hydrogen-bond acceptors (Lipinski definition) is 3. The van der Waals surface area contributed by atoms with Crippen molar-refractivity contribution < 1.29 is 4.74 Å². The molecule has 0 aliphatic rings. The van der Waals surface area contributed by atoms with Crippen LogP contribution < -0.4 is 15.8 Å². The lowest BCUT2D eigenvalue weighted by atomic mass is 10.2. The highest BCUT2D eigenvalue weighted by Gasteiger charge is 1.98. The number of benzene rings is 1. The maximum atomic E-state index is 5.76. The number of aromatic nitrogens is 1. The Morgan fingerprint density at radius 1 is 1.22 bits per heavy atom. The second-order valence-corrected chi connectivity index (χ2v) is 4.88. The Balaban J connectivity index is 0.00000264. The quantitative estimate of drug-likeness (QED) is 0.406. The third kappa shape index (κ3) is 7.32. The molecule has 6 heteroatoms. The van der Waals surface area contributed by atoms with Crippen molar-refractivity contribution in [1.29, 1.82) is 0 Å². The van der Waals surface area contributed by atoms with Gasteiger partial charge in [-0.15, -0.1) is 24.0 Å². The number of ether oxygens (including phenoxy) is 1. The van der Waals surface area contributed by atoms with Crippen LogP contribution in [-0.4, -0.2) is 17.5 Å². The molecule has 0 aliphatic heterocycles. The smallest absolute Gasteiger partial charge is 0.188 e. The fourth-order valence-corrected chi connectivity index (χ4v) is 1.82. The molecule has 124 valence electrons. The van der Waals surface area contributed by atoms with E-state index in [1.807, 2.05) is 42.5 Å². The Hall–Kier alpha value is -1.83. The fourth-order valence-electron chi connectivity index (χ4n) is 1.82. The Labute approximate surface area is 154 Å². The summed E-state index contributed by atoms with van der Waals surface area (Å²) in [5, 5.41) is 3.05. The second-order valence-electron chi connectivity index (χ2n) is 4.88. The summed E-state index contributed by atoms with van der Waals surface area (Å²) in [6.45, 7) is 3.95. The van der Waals surface area contributed by atoms with Crippen molar-refractivity contribution in [3.05, 3.63) is 59.9 Å². The number of halogens is 1. The molecule has 2 rings (SSSR count). The number of nitrogens with zero attached hydrogens (tertiary/aromatic N) is 2. The molecule has 0 saturated heterocycles. The summed E-state index contributed by atoms with van der Waals surface area (Å²) < 4.78 is 5.69. The first kappa shape index (κ1) is 19.2. The van der Waals surface area contributed by atoms with Gasteiger partial charge in [0.05, 0.1) is 12.2 Å². The zero-order valence-electron chi connectivity index (χ0n) is 13.2. The van der Waals surface area contributed by atoms with E-state index in [1.165, 1.54) is 0 Å². The van der Waals surface area contributed by atoms with Crippen molar-refractivity contribution in [1.82, 2.24) is 10.3 Å². The highest BCUT2D eigenvalue weighted by atomic mass is 127.